The number of nitrogens with two attached hydrogens (primary N) is 1. The van der Waals surface area contributed by atoms with Crippen molar-refractivity contribution in [2.75, 3.05) is 6.54 Å². The Morgan fingerprint density at radius 3 is 2.14 bits per heavy atom. The summed E-state index contributed by atoms with van der Waals surface area (Å²) < 4.78 is 23.9. The highest BCUT2D eigenvalue weighted by Crippen LogP contribution is 2.41. The van der Waals surface area contributed by atoms with E-state index >= 15 is 0 Å². The Bertz CT molecular complexity index is 276. The Morgan fingerprint density at radius 1 is 1.29 bits per heavy atom. The lowest BCUT2D eigenvalue weighted by molar-refractivity contribution is 0.483. The van der Waals surface area contributed by atoms with Crippen LogP contribution in [0.25, 0.3) is 0 Å². The number of sulfone groups is 1. The molecule has 0 amide bonds. The molecule has 1 saturated carbocycles. The molecular formula is C10H21NO2S. The molecule has 0 bridgehead atoms. The molecule has 0 aromatic rings. The van der Waals surface area contributed by atoms with Crippen molar-refractivity contribution in [1.29, 1.82) is 0 Å². The highest BCUT2D eigenvalue weighted by molar-refractivity contribution is 7.93. The largest absolute Gasteiger partial charge is 0.330 e. The van der Waals surface area contributed by atoms with Crippen molar-refractivity contribution in [2.24, 2.45) is 5.73 Å². The molecule has 0 saturated heterocycles. The molecule has 0 aliphatic heterocycles. The fraction of sp³-hybridized carbons (Fsp3) is 1.00. The highest BCUT2D eigenvalue weighted by atomic mass is 32.2. The summed E-state index contributed by atoms with van der Waals surface area (Å²) in [4.78, 5) is 0. The van der Waals surface area contributed by atoms with Gasteiger partial charge in [-0.3, -0.25) is 0 Å². The summed E-state index contributed by atoms with van der Waals surface area (Å²) in [7, 11) is -2.98. The molecule has 0 aromatic carbocycles. The van der Waals surface area contributed by atoms with E-state index in [1.165, 1.54) is 0 Å². The van der Waals surface area contributed by atoms with Crippen LogP contribution in [0.1, 0.15) is 46.0 Å². The minimum Gasteiger partial charge on any atom is -0.330 e. The van der Waals surface area contributed by atoms with Gasteiger partial charge in [0.15, 0.2) is 9.84 Å². The summed E-state index contributed by atoms with van der Waals surface area (Å²) >= 11 is 0. The molecule has 0 aromatic heterocycles. The first-order valence-corrected chi connectivity index (χ1v) is 6.94. The van der Waals surface area contributed by atoms with Crippen LogP contribution in [0.2, 0.25) is 0 Å². The molecule has 84 valence electrons. The van der Waals surface area contributed by atoms with Gasteiger partial charge in [0, 0.05) is 0 Å². The first-order valence-electron chi connectivity index (χ1n) is 5.40. The lowest BCUT2D eigenvalue weighted by Crippen LogP contribution is -2.42. The predicted molar refractivity (Wildman–Crippen MR) is 58.9 cm³/mol. The van der Waals surface area contributed by atoms with Gasteiger partial charge in [-0.1, -0.05) is 12.8 Å². The van der Waals surface area contributed by atoms with Gasteiger partial charge in [-0.05, 0) is 39.7 Å². The first-order chi connectivity index (χ1) is 6.46. The van der Waals surface area contributed by atoms with Crippen molar-refractivity contribution in [3.05, 3.63) is 0 Å². The van der Waals surface area contributed by atoms with E-state index in [1.807, 2.05) is 0 Å². The standard InChI is InChI=1S/C10H21NO2S/c1-9(2)14(12,13)10(7-8-11)5-3-4-6-10/h9H,3-8,11H2,1-2H3. The van der Waals surface area contributed by atoms with Gasteiger partial charge in [-0.2, -0.15) is 0 Å². The van der Waals surface area contributed by atoms with Gasteiger partial charge in [0.25, 0.3) is 0 Å². The van der Waals surface area contributed by atoms with Crippen molar-refractivity contribution in [3.63, 3.8) is 0 Å². The Balaban J connectivity index is 2.99. The minimum absolute atomic E-state index is 0.271. The second-order valence-electron chi connectivity index (χ2n) is 4.52. The van der Waals surface area contributed by atoms with E-state index in [0.29, 0.717) is 13.0 Å². The van der Waals surface area contributed by atoms with Crippen molar-refractivity contribution < 1.29 is 8.42 Å². The quantitative estimate of drug-likeness (QED) is 0.779. The van der Waals surface area contributed by atoms with E-state index in [9.17, 15) is 8.42 Å². The zero-order chi connectivity index (χ0) is 10.8. The van der Waals surface area contributed by atoms with Crippen molar-refractivity contribution in [1.82, 2.24) is 0 Å². The number of hydrogen-bond donors (Lipinski definition) is 1. The van der Waals surface area contributed by atoms with E-state index < -0.39 is 14.6 Å². The molecule has 0 unspecified atom stereocenters. The van der Waals surface area contributed by atoms with Crippen LogP contribution >= 0.6 is 0 Å². The monoisotopic (exact) mass is 219 g/mol. The number of rotatable bonds is 4. The maximum Gasteiger partial charge on any atom is 0.158 e. The second-order valence-corrected chi connectivity index (χ2v) is 7.42. The Labute approximate surface area is 87.0 Å². The van der Waals surface area contributed by atoms with Crippen LogP contribution in [0, 0.1) is 0 Å². The molecule has 3 nitrogen and oxygen atoms in total. The normalized spacial score (nSPS) is 21.7. The van der Waals surface area contributed by atoms with Crippen molar-refractivity contribution in [2.45, 2.75) is 55.9 Å². The predicted octanol–water partition coefficient (Wildman–Crippen LogP) is 1.47. The topological polar surface area (TPSA) is 60.2 Å². The summed E-state index contributed by atoms with van der Waals surface area (Å²) in [5.74, 6) is 0. The van der Waals surface area contributed by atoms with E-state index in [4.69, 9.17) is 5.73 Å². The molecule has 14 heavy (non-hydrogen) atoms. The Morgan fingerprint density at radius 2 is 1.79 bits per heavy atom. The summed E-state index contributed by atoms with van der Waals surface area (Å²) in [5, 5.41) is -0.271. The third-order valence-electron chi connectivity index (χ3n) is 3.34. The van der Waals surface area contributed by atoms with E-state index in [2.05, 4.69) is 0 Å². The molecule has 0 atom stereocenters. The summed E-state index contributed by atoms with van der Waals surface area (Å²) in [6, 6.07) is 0. The SMILES string of the molecule is CC(C)S(=O)(=O)C1(CCN)CCCC1. The molecule has 0 radical (unpaired) electrons. The average molecular weight is 219 g/mol. The third kappa shape index (κ3) is 1.82. The second kappa shape index (κ2) is 4.19. The molecular weight excluding hydrogens is 198 g/mol. The average Bonchev–Trinajstić information content (AvgIpc) is 2.54. The van der Waals surface area contributed by atoms with Crippen molar-refractivity contribution >= 4 is 9.84 Å². The molecule has 4 heteroatoms. The van der Waals surface area contributed by atoms with Crippen LogP contribution in [0.15, 0.2) is 0 Å². The van der Waals surface area contributed by atoms with E-state index in [1.54, 1.807) is 13.8 Å². The molecule has 2 N–H and O–H groups in total. The van der Waals surface area contributed by atoms with Gasteiger partial charge in [-0.15, -0.1) is 0 Å². The molecule has 1 aliphatic carbocycles. The van der Waals surface area contributed by atoms with Gasteiger partial charge >= 0.3 is 0 Å². The third-order valence-corrected chi connectivity index (χ3v) is 6.40. The van der Waals surface area contributed by atoms with Crippen LogP contribution in [0.3, 0.4) is 0 Å². The van der Waals surface area contributed by atoms with Gasteiger partial charge in [-0.25, -0.2) is 8.42 Å². The van der Waals surface area contributed by atoms with Gasteiger partial charge in [0.1, 0.15) is 0 Å². The van der Waals surface area contributed by atoms with Crippen LogP contribution in [0.4, 0.5) is 0 Å². The highest BCUT2D eigenvalue weighted by Gasteiger charge is 2.46. The van der Waals surface area contributed by atoms with Gasteiger partial charge in [0.05, 0.1) is 10.00 Å². The van der Waals surface area contributed by atoms with Gasteiger partial charge in [0.2, 0.25) is 0 Å². The summed E-state index contributed by atoms with van der Waals surface area (Å²) in [6.07, 6.45) is 4.32. The summed E-state index contributed by atoms with van der Waals surface area (Å²) in [5.41, 5.74) is 5.53. The van der Waals surface area contributed by atoms with E-state index in [-0.39, 0.29) is 5.25 Å². The Hall–Kier alpha value is -0.0900. The van der Waals surface area contributed by atoms with Crippen molar-refractivity contribution in [3.8, 4) is 0 Å². The lowest BCUT2D eigenvalue weighted by Gasteiger charge is -2.30. The molecule has 1 fully saturated rings. The Kier molecular flexibility index (Phi) is 3.58. The van der Waals surface area contributed by atoms with Gasteiger partial charge < -0.3 is 5.73 Å². The summed E-state index contributed by atoms with van der Waals surface area (Å²) in [6.45, 7) is 4.02. The molecule has 1 rings (SSSR count). The van der Waals surface area contributed by atoms with Crippen LogP contribution in [-0.2, 0) is 9.84 Å². The molecule has 0 heterocycles. The fourth-order valence-electron chi connectivity index (χ4n) is 2.46. The minimum atomic E-state index is -2.98. The van der Waals surface area contributed by atoms with Crippen LogP contribution in [-0.4, -0.2) is 25.0 Å². The zero-order valence-corrected chi connectivity index (χ0v) is 9.94. The van der Waals surface area contributed by atoms with E-state index in [0.717, 1.165) is 25.7 Å². The number of hydrogen-bond acceptors (Lipinski definition) is 3. The zero-order valence-electron chi connectivity index (χ0n) is 9.12. The lowest BCUT2D eigenvalue weighted by atomic mass is 10.0. The fourth-order valence-corrected chi connectivity index (χ4v) is 4.72. The molecule has 0 spiro atoms. The van der Waals surface area contributed by atoms with Crippen LogP contribution in [0.5, 0.6) is 0 Å². The molecule has 1 aliphatic rings. The smallest absolute Gasteiger partial charge is 0.158 e. The first kappa shape index (κ1) is 12.0. The van der Waals surface area contributed by atoms with Crippen LogP contribution < -0.4 is 5.73 Å². The maximum absolute atomic E-state index is 12.2. The maximum atomic E-state index is 12.2.